The van der Waals surface area contributed by atoms with E-state index in [1.807, 2.05) is 34.4 Å². The van der Waals surface area contributed by atoms with Crippen molar-refractivity contribution in [3.63, 3.8) is 0 Å². The summed E-state index contributed by atoms with van der Waals surface area (Å²) in [6, 6.07) is 6.00. The third-order valence-electron chi connectivity index (χ3n) is 6.74. The van der Waals surface area contributed by atoms with Crippen LogP contribution >= 0.6 is 0 Å². The Hall–Kier alpha value is -2.34. The monoisotopic (exact) mass is 367 g/mol. The van der Waals surface area contributed by atoms with Crippen LogP contribution in [0.15, 0.2) is 18.2 Å². The fraction of sp³-hybridized carbons (Fsp3) is 0.524. The Morgan fingerprint density at radius 1 is 1.26 bits per heavy atom. The minimum Gasteiger partial charge on any atom is -0.353 e. The number of para-hydroxylation sites is 1. The molecule has 2 atom stereocenters. The van der Waals surface area contributed by atoms with Gasteiger partial charge < -0.3 is 19.1 Å². The number of carbonyl (C=O) groups is 2. The Bertz CT molecular complexity index is 979. The molecule has 2 amide bonds. The standard InChI is InChI=1S/C21H25N3O3/c1-13-6-4-7-15-14(2)19(22(3)18(13)15)20(26)23-10-8-21-16(23)12-17(25)24(21)9-5-11-27-21/h4,6-7,16H,5,8-12H2,1-3H3/t16-,21+/m1/s1. The zero-order chi connectivity index (χ0) is 18.9. The van der Waals surface area contributed by atoms with E-state index in [4.69, 9.17) is 4.74 Å². The van der Waals surface area contributed by atoms with Crippen molar-refractivity contribution >= 4 is 22.7 Å². The first-order valence-corrected chi connectivity index (χ1v) is 9.75. The van der Waals surface area contributed by atoms with Crippen LogP contribution in [0.5, 0.6) is 0 Å². The van der Waals surface area contributed by atoms with E-state index in [1.165, 1.54) is 0 Å². The fourth-order valence-corrected chi connectivity index (χ4v) is 5.53. The molecule has 2 aromatic rings. The lowest BCUT2D eigenvalue weighted by Gasteiger charge is -2.42. The number of carbonyl (C=O) groups excluding carboxylic acids is 2. The van der Waals surface area contributed by atoms with Crippen molar-refractivity contribution in [2.75, 3.05) is 19.7 Å². The van der Waals surface area contributed by atoms with Gasteiger partial charge in [0.1, 0.15) is 5.69 Å². The molecule has 27 heavy (non-hydrogen) atoms. The first-order valence-electron chi connectivity index (χ1n) is 9.75. The molecule has 0 bridgehead atoms. The molecule has 0 saturated carbocycles. The minimum atomic E-state index is -0.598. The molecule has 0 N–H and O–H groups in total. The Kier molecular flexibility index (Phi) is 3.47. The van der Waals surface area contributed by atoms with Gasteiger partial charge in [0.25, 0.3) is 5.91 Å². The number of fused-ring (bicyclic) bond motifs is 1. The average molecular weight is 367 g/mol. The van der Waals surface area contributed by atoms with E-state index < -0.39 is 5.72 Å². The third kappa shape index (κ3) is 2.05. The van der Waals surface area contributed by atoms with Gasteiger partial charge in [-0.05, 0) is 31.4 Å². The van der Waals surface area contributed by atoms with Gasteiger partial charge >= 0.3 is 0 Å². The predicted octanol–water partition coefficient (Wildman–Crippen LogP) is 2.36. The molecular weight excluding hydrogens is 342 g/mol. The Morgan fingerprint density at radius 3 is 2.85 bits per heavy atom. The predicted molar refractivity (Wildman–Crippen MR) is 101 cm³/mol. The molecule has 142 valence electrons. The van der Waals surface area contributed by atoms with E-state index in [-0.39, 0.29) is 17.9 Å². The molecule has 1 spiro atoms. The first-order chi connectivity index (χ1) is 13.0. The van der Waals surface area contributed by atoms with Crippen LogP contribution in [0.25, 0.3) is 10.9 Å². The van der Waals surface area contributed by atoms with Gasteiger partial charge in [-0.2, -0.15) is 0 Å². The Labute approximate surface area is 158 Å². The summed E-state index contributed by atoms with van der Waals surface area (Å²) in [6.45, 7) is 6.12. The topological polar surface area (TPSA) is 54.8 Å². The molecule has 0 aliphatic carbocycles. The summed E-state index contributed by atoms with van der Waals surface area (Å²) in [4.78, 5) is 29.9. The molecule has 0 radical (unpaired) electrons. The van der Waals surface area contributed by atoms with Gasteiger partial charge in [0, 0.05) is 31.9 Å². The highest BCUT2D eigenvalue weighted by Gasteiger charge is 2.61. The van der Waals surface area contributed by atoms with E-state index in [9.17, 15) is 9.59 Å². The van der Waals surface area contributed by atoms with Gasteiger partial charge in [0.05, 0.1) is 24.6 Å². The summed E-state index contributed by atoms with van der Waals surface area (Å²) >= 11 is 0. The van der Waals surface area contributed by atoms with Crippen molar-refractivity contribution in [2.45, 2.75) is 44.9 Å². The van der Waals surface area contributed by atoms with E-state index in [0.29, 0.717) is 26.0 Å². The molecule has 3 aliphatic heterocycles. The van der Waals surface area contributed by atoms with Gasteiger partial charge in [0.2, 0.25) is 5.91 Å². The maximum atomic E-state index is 13.6. The van der Waals surface area contributed by atoms with Crippen LogP contribution in [0.1, 0.15) is 40.9 Å². The summed E-state index contributed by atoms with van der Waals surface area (Å²) in [5.41, 5.74) is 3.39. The number of benzene rings is 1. The number of aromatic nitrogens is 1. The maximum Gasteiger partial charge on any atom is 0.271 e. The summed E-state index contributed by atoms with van der Waals surface area (Å²) < 4.78 is 8.16. The molecule has 3 aliphatic rings. The molecular formula is C21H25N3O3. The van der Waals surface area contributed by atoms with Crippen LogP contribution in [0.4, 0.5) is 0 Å². The molecule has 6 nitrogen and oxygen atoms in total. The van der Waals surface area contributed by atoms with Crippen LogP contribution in [0.3, 0.4) is 0 Å². The summed E-state index contributed by atoms with van der Waals surface area (Å²) in [5.74, 6) is 0.123. The number of aryl methyl sites for hydroxylation is 3. The molecule has 3 fully saturated rings. The van der Waals surface area contributed by atoms with Gasteiger partial charge in [0.15, 0.2) is 5.72 Å². The largest absolute Gasteiger partial charge is 0.353 e. The SMILES string of the molecule is Cc1c(C(=O)N2CC[C@@]34OCCCN3C(=O)C[C@@H]24)n(C)c2c(C)cccc12. The number of likely N-dealkylation sites (tertiary alicyclic amines) is 1. The van der Waals surface area contributed by atoms with Crippen LogP contribution in [-0.2, 0) is 16.6 Å². The quantitative estimate of drug-likeness (QED) is 0.778. The lowest BCUT2D eigenvalue weighted by Crippen LogP contribution is -2.56. The molecule has 1 aromatic carbocycles. The van der Waals surface area contributed by atoms with Crippen molar-refractivity contribution in [1.29, 1.82) is 0 Å². The molecule has 4 heterocycles. The van der Waals surface area contributed by atoms with Crippen LogP contribution in [0.2, 0.25) is 0 Å². The van der Waals surface area contributed by atoms with E-state index in [0.717, 1.165) is 40.7 Å². The average Bonchev–Trinajstić information content (AvgIpc) is 3.22. The summed E-state index contributed by atoms with van der Waals surface area (Å²) in [6.07, 6.45) is 1.95. The van der Waals surface area contributed by atoms with E-state index in [1.54, 1.807) is 0 Å². The van der Waals surface area contributed by atoms with Crippen LogP contribution in [0, 0.1) is 13.8 Å². The second-order valence-electron chi connectivity index (χ2n) is 8.06. The molecule has 6 heteroatoms. The number of ether oxygens (including phenoxy) is 1. The van der Waals surface area contributed by atoms with Crippen LogP contribution < -0.4 is 0 Å². The second-order valence-corrected chi connectivity index (χ2v) is 8.06. The molecule has 5 rings (SSSR count). The van der Waals surface area contributed by atoms with Crippen molar-refractivity contribution in [2.24, 2.45) is 7.05 Å². The number of rotatable bonds is 1. The zero-order valence-electron chi connectivity index (χ0n) is 16.1. The van der Waals surface area contributed by atoms with E-state index >= 15 is 0 Å². The first kappa shape index (κ1) is 16.8. The normalized spacial score (nSPS) is 27.4. The van der Waals surface area contributed by atoms with Gasteiger partial charge in [-0.3, -0.25) is 9.59 Å². The van der Waals surface area contributed by atoms with E-state index in [2.05, 4.69) is 19.1 Å². The molecule has 0 unspecified atom stereocenters. The van der Waals surface area contributed by atoms with Gasteiger partial charge in [-0.1, -0.05) is 18.2 Å². The molecule has 3 saturated heterocycles. The highest BCUT2D eigenvalue weighted by molar-refractivity contribution is 6.03. The smallest absolute Gasteiger partial charge is 0.271 e. The third-order valence-corrected chi connectivity index (χ3v) is 6.74. The van der Waals surface area contributed by atoms with Crippen molar-refractivity contribution in [3.8, 4) is 0 Å². The molecule has 1 aromatic heterocycles. The zero-order valence-corrected chi connectivity index (χ0v) is 16.1. The summed E-state index contributed by atoms with van der Waals surface area (Å²) in [7, 11) is 1.96. The fourth-order valence-electron chi connectivity index (χ4n) is 5.53. The highest BCUT2D eigenvalue weighted by Crippen LogP contribution is 2.45. The number of nitrogens with zero attached hydrogens (tertiary/aromatic N) is 3. The van der Waals surface area contributed by atoms with Crippen molar-refractivity contribution < 1.29 is 14.3 Å². The van der Waals surface area contributed by atoms with Gasteiger partial charge in [-0.25, -0.2) is 0 Å². The number of hydrogen-bond donors (Lipinski definition) is 0. The lowest BCUT2D eigenvalue weighted by atomic mass is 10.0. The number of hydrogen-bond acceptors (Lipinski definition) is 3. The van der Waals surface area contributed by atoms with Crippen LogP contribution in [-0.4, -0.2) is 57.6 Å². The van der Waals surface area contributed by atoms with Crippen molar-refractivity contribution in [3.05, 3.63) is 35.0 Å². The minimum absolute atomic E-state index is 0.0105. The Morgan fingerprint density at radius 2 is 2.07 bits per heavy atom. The maximum absolute atomic E-state index is 13.6. The summed E-state index contributed by atoms with van der Waals surface area (Å²) in [5, 5.41) is 1.12. The lowest BCUT2D eigenvalue weighted by molar-refractivity contribution is -0.179. The number of amides is 2. The second kappa shape index (κ2) is 5.58. The Balaban J connectivity index is 1.57. The van der Waals surface area contributed by atoms with Gasteiger partial charge in [-0.15, -0.1) is 0 Å². The van der Waals surface area contributed by atoms with Crippen molar-refractivity contribution in [1.82, 2.24) is 14.4 Å². The highest BCUT2D eigenvalue weighted by atomic mass is 16.5.